The summed E-state index contributed by atoms with van der Waals surface area (Å²) < 4.78 is 30.6. The molecule has 120 valence electrons. The van der Waals surface area contributed by atoms with Crippen molar-refractivity contribution in [2.24, 2.45) is 5.73 Å². The van der Waals surface area contributed by atoms with Gasteiger partial charge in [0.25, 0.3) is 21.9 Å². The van der Waals surface area contributed by atoms with Crippen LogP contribution in [0.4, 0.5) is 0 Å². The number of hydrogen-bond acceptors (Lipinski definition) is 9. The van der Waals surface area contributed by atoms with E-state index in [4.69, 9.17) is 10.3 Å². The van der Waals surface area contributed by atoms with E-state index in [1.165, 1.54) is 21.6 Å². The molecule has 0 saturated carbocycles. The maximum Gasteiger partial charge on any atom is 0.334 e. The minimum absolute atomic E-state index is 0.0597. The zero-order valence-electron chi connectivity index (χ0n) is 10.8. The Morgan fingerprint density at radius 2 is 2.00 bits per heavy atom. The summed E-state index contributed by atoms with van der Waals surface area (Å²) in [7, 11) is -1.85. The smallest absolute Gasteiger partial charge is 0.330 e. The molecule has 1 fully saturated rings. The molecule has 0 radical (unpaired) electrons. The second-order valence-corrected chi connectivity index (χ2v) is 8.18. The third-order valence-corrected chi connectivity index (χ3v) is 5.82. The average Bonchev–Trinajstić information content (AvgIpc) is 2.66. The normalized spacial score (nSPS) is 19.1. The number of hydrogen-bond donors (Lipinski definition) is 2. The van der Waals surface area contributed by atoms with Gasteiger partial charge in [-0.05, 0) is 0 Å². The molecule has 3 N–H and O–H groups in total. The highest BCUT2D eigenvalue weighted by Crippen LogP contribution is 2.22. The summed E-state index contributed by atoms with van der Waals surface area (Å²) in [6, 6.07) is 0. The summed E-state index contributed by atoms with van der Waals surface area (Å²) in [5.41, 5.74) is 5.28. The second kappa shape index (κ2) is 7.98. The van der Waals surface area contributed by atoms with E-state index in [2.05, 4.69) is 4.84 Å². The molecule has 0 aromatic carbocycles. The number of nitrogens with two attached hydrogens (primary N) is 1. The van der Waals surface area contributed by atoms with Gasteiger partial charge < -0.3 is 10.6 Å². The second-order valence-electron chi connectivity index (χ2n) is 3.88. The Bertz CT molecular complexity index is 521. The van der Waals surface area contributed by atoms with E-state index in [-0.39, 0.29) is 11.5 Å². The maximum absolute atomic E-state index is 11.6. The minimum Gasteiger partial charge on any atom is -0.330 e. The highest BCUT2D eigenvalue weighted by atomic mass is 33.1. The van der Waals surface area contributed by atoms with Crippen molar-refractivity contribution in [3.05, 3.63) is 0 Å². The molecule has 1 unspecified atom stereocenters. The fraction of sp³-hybridized carbons (Fsp3) is 0.667. The van der Waals surface area contributed by atoms with Crippen molar-refractivity contribution in [2.45, 2.75) is 18.1 Å². The lowest BCUT2D eigenvalue weighted by Crippen LogP contribution is -2.36. The van der Waals surface area contributed by atoms with E-state index < -0.39 is 39.6 Å². The molecule has 9 nitrogen and oxygen atoms in total. The molecule has 21 heavy (non-hydrogen) atoms. The minimum atomic E-state index is -4.70. The molecule has 1 aliphatic heterocycles. The van der Waals surface area contributed by atoms with Crippen LogP contribution in [0.1, 0.15) is 12.8 Å². The van der Waals surface area contributed by atoms with Crippen molar-refractivity contribution < 1.29 is 32.2 Å². The van der Waals surface area contributed by atoms with Crippen molar-refractivity contribution in [3.63, 3.8) is 0 Å². The van der Waals surface area contributed by atoms with Crippen LogP contribution in [0.25, 0.3) is 0 Å². The number of amides is 2. The van der Waals surface area contributed by atoms with Crippen molar-refractivity contribution in [1.82, 2.24) is 5.06 Å². The lowest BCUT2D eigenvalue weighted by Gasteiger charge is -2.12. The van der Waals surface area contributed by atoms with Gasteiger partial charge in [0, 0.05) is 18.1 Å². The monoisotopic (exact) mass is 358 g/mol. The fourth-order valence-electron chi connectivity index (χ4n) is 1.35. The van der Waals surface area contributed by atoms with Crippen LogP contribution in [0.3, 0.4) is 0 Å². The van der Waals surface area contributed by atoms with E-state index >= 15 is 0 Å². The molecule has 2 amide bonds. The standard InChI is InChI=1S/C9H14N2O7S3/c10-2-4-20-19-3-1-8(13)18-11-7(12)5-6(9(11)14)21(15,16)17/h6H,1-5,10H2,(H,15,16,17). The van der Waals surface area contributed by atoms with Gasteiger partial charge in [-0.2, -0.15) is 8.42 Å². The van der Waals surface area contributed by atoms with Gasteiger partial charge in [-0.1, -0.05) is 21.6 Å². The number of carbonyl (C=O) groups is 3. The Labute approximate surface area is 129 Å². The van der Waals surface area contributed by atoms with Crippen molar-refractivity contribution in [3.8, 4) is 0 Å². The average molecular weight is 358 g/mol. The van der Waals surface area contributed by atoms with E-state index in [0.29, 0.717) is 12.3 Å². The first-order chi connectivity index (χ1) is 9.77. The predicted molar refractivity (Wildman–Crippen MR) is 76.5 cm³/mol. The molecular weight excluding hydrogens is 344 g/mol. The fourth-order valence-corrected chi connectivity index (χ4v) is 3.88. The third-order valence-electron chi connectivity index (χ3n) is 2.29. The van der Waals surface area contributed by atoms with Gasteiger partial charge in [0.2, 0.25) is 0 Å². The largest absolute Gasteiger partial charge is 0.334 e. The zero-order chi connectivity index (χ0) is 16.0. The number of hydroxylamine groups is 2. The first kappa shape index (κ1) is 18.2. The van der Waals surface area contributed by atoms with Crippen molar-refractivity contribution in [2.75, 3.05) is 18.1 Å². The van der Waals surface area contributed by atoms with Gasteiger partial charge in [-0.25, -0.2) is 4.79 Å². The van der Waals surface area contributed by atoms with Crippen molar-refractivity contribution >= 4 is 49.5 Å². The van der Waals surface area contributed by atoms with Crippen molar-refractivity contribution in [1.29, 1.82) is 0 Å². The van der Waals surface area contributed by atoms with E-state index in [1.54, 1.807) is 0 Å². The SMILES string of the molecule is NCCSSCCC(=O)ON1C(=O)CC(S(=O)(=O)O)C1=O. The topological polar surface area (TPSA) is 144 Å². The molecule has 0 aromatic rings. The number of nitrogens with zero attached hydrogens (tertiary/aromatic N) is 1. The summed E-state index contributed by atoms with van der Waals surface area (Å²) in [6.07, 6.45) is -0.804. The van der Waals surface area contributed by atoms with Crippen LogP contribution >= 0.6 is 21.6 Å². The molecule has 1 aliphatic rings. The molecule has 1 saturated heterocycles. The molecule has 1 atom stereocenters. The van der Waals surface area contributed by atoms with E-state index in [9.17, 15) is 22.8 Å². The van der Waals surface area contributed by atoms with Crippen LogP contribution in [0.15, 0.2) is 0 Å². The molecular formula is C9H14N2O7S3. The maximum atomic E-state index is 11.6. The lowest BCUT2D eigenvalue weighted by atomic mass is 10.4. The van der Waals surface area contributed by atoms with Crippen LogP contribution < -0.4 is 5.73 Å². The molecule has 12 heteroatoms. The summed E-state index contributed by atoms with van der Waals surface area (Å²) in [5, 5.41) is -1.81. The molecule has 0 bridgehead atoms. The summed E-state index contributed by atoms with van der Waals surface area (Å²) in [5.74, 6) is -1.98. The Kier molecular flexibility index (Phi) is 6.93. The molecule has 0 aliphatic carbocycles. The Morgan fingerprint density at radius 1 is 1.38 bits per heavy atom. The van der Waals surface area contributed by atoms with Gasteiger partial charge >= 0.3 is 5.97 Å². The lowest BCUT2D eigenvalue weighted by molar-refractivity contribution is -0.197. The van der Waals surface area contributed by atoms with Gasteiger partial charge in [-0.3, -0.25) is 14.1 Å². The summed E-state index contributed by atoms with van der Waals surface area (Å²) in [6.45, 7) is 0.510. The zero-order valence-corrected chi connectivity index (χ0v) is 13.2. The highest BCUT2D eigenvalue weighted by Gasteiger charge is 2.48. The Hall–Kier alpha value is -0.820. The van der Waals surface area contributed by atoms with Gasteiger partial charge in [-0.15, -0.1) is 5.06 Å². The predicted octanol–water partition coefficient (Wildman–Crippen LogP) is -0.810. The number of carbonyl (C=O) groups excluding carboxylic acids is 3. The quantitative estimate of drug-likeness (QED) is 0.244. The first-order valence-electron chi connectivity index (χ1n) is 5.75. The number of imide groups is 1. The van der Waals surface area contributed by atoms with Gasteiger partial charge in [0.15, 0.2) is 5.25 Å². The van der Waals surface area contributed by atoms with Gasteiger partial charge in [0.1, 0.15) is 0 Å². The van der Waals surface area contributed by atoms with Crippen LogP contribution in [-0.2, 0) is 29.3 Å². The van der Waals surface area contributed by atoms with Crippen LogP contribution in [0, 0.1) is 0 Å². The number of rotatable bonds is 8. The molecule has 0 spiro atoms. The van der Waals surface area contributed by atoms with Crippen LogP contribution in [-0.4, -0.2) is 59.1 Å². The van der Waals surface area contributed by atoms with E-state index in [1.807, 2.05) is 0 Å². The van der Waals surface area contributed by atoms with Crippen LogP contribution in [0.5, 0.6) is 0 Å². The summed E-state index contributed by atoms with van der Waals surface area (Å²) in [4.78, 5) is 39.0. The van der Waals surface area contributed by atoms with Crippen LogP contribution in [0.2, 0.25) is 0 Å². The third kappa shape index (κ3) is 5.47. The van der Waals surface area contributed by atoms with Gasteiger partial charge in [0.05, 0.1) is 12.8 Å². The molecule has 0 aromatic heterocycles. The molecule has 1 heterocycles. The summed E-state index contributed by atoms with van der Waals surface area (Å²) >= 11 is 0. The molecule has 1 rings (SSSR count). The Balaban J connectivity index is 2.46. The first-order valence-corrected chi connectivity index (χ1v) is 9.75. The Morgan fingerprint density at radius 3 is 2.52 bits per heavy atom. The highest BCUT2D eigenvalue weighted by molar-refractivity contribution is 8.76. The van der Waals surface area contributed by atoms with E-state index in [0.717, 1.165) is 5.75 Å².